The van der Waals surface area contributed by atoms with E-state index >= 15 is 0 Å². The van der Waals surface area contributed by atoms with E-state index in [9.17, 15) is 0 Å². The summed E-state index contributed by atoms with van der Waals surface area (Å²) in [6.07, 6.45) is 0. The number of nitrogens with two attached hydrogens (primary N) is 1. The third-order valence-corrected chi connectivity index (χ3v) is 12.6. The van der Waals surface area contributed by atoms with Crippen LogP contribution in [0.1, 0.15) is 72.3 Å². The molecule has 0 heterocycles. The SMILES string of the molecule is Cc1cccc(C)c1CN=C(N=C(N)c1cccc(C(c2ccccc2)(c2ccccc2)c2ccccc2)c1)c1cccc(C(c2ccccc2)(c2ccccc2)c2ccccc2)c1. The van der Waals surface area contributed by atoms with E-state index in [0.29, 0.717) is 18.2 Å². The summed E-state index contributed by atoms with van der Waals surface area (Å²) in [7, 11) is 0. The van der Waals surface area contributed by atoms with Gasteiger partial charge in [0, 0.05) is 11.1 Å². The summed E-state index contributed by atoms with van der Waals surface area (Å²) in [6, 6.07) is 88.2. The van der Waals surface area contributed by atoms with E-state index in [-0.39, 0.29) is 0 Å². The van der Waals surface area contributed by atoms with Gasteiger partial charge in [-0.2, -0.15) is 0 Å². The van der Waals surface area contributed by atoms with E-state index in [2.05, 4.69) is 263 Å². The van der Waals surface area contributed by atoms with E-state index in [1.54, 1.807) is 0 Å². The molecule has 0 bridgehead atoms. The molecular weight excluding hydrogens is 775 g/mol. The lowest BCUT2D eigenvalue weighted by Gasteiger charge is -2.37. The molecule has 0 aliphatic carbocycles. The van der Waals surface area contributed by atoms with Crippen molar-refractivity contribution in [3.63, 3.8) is 0 Å². The molecule has 64 heavy (non-hydrogen) atoms. The first-order valence-corrected chi connectivity index (χ1v) is 22.0. The molecule has 3 nitrogen and oxygen atoms in total. The second-order valence-corrected chi connectivity index (χ2v) is 16.4. The smallest absolute Gasteiger partial charge is 0.157 e. The first kappa shape index (κ1) is 41.5. The highest BCUT2D eigenvalue weighted by atomic mass is 15.0. The Morgan fingerprint density at radius 1 is 0.359 bits per heavy atom. The van der Waals surface area contributed by atoms with E-state index in [4.69, 9.17) is 15.7 Å². The topological polar surface area (TPSA) is 50.7 Å². The minimum atomic E-state index is -0.642. The molecular formula is C61H51N3. The van der Waals surface area contributed by atoms with E-state index in [0.717, 1.165) is 55.6 Å². The zero-order valence-electron chi connectivity index (χ0n) is 36.4. The Labute approximate surface area is 378 Å². The summed E-state index contributed by atoms with van der Waals surface area (Å²) in [5.41, 5.74) is 20.4. The maximum Gasteiger partial charge on any atom is 0.157 e. The Bertz CT molecular complexity index is 2800. The number of amidine groups is 2. The molecule has 3 heteroatoms. The van der Waals surface area contributed by atoms with Gasteiger partial charge in [-0.15, -0.1) is 0 Å². The third kappa shape index (κ3) is 7.89. The number of benzene rings is 9. The molecule has 0 atom stereocenters. The number of rotatable bonds is 12. The van der Waals surface area contributed by atoms with Crippen LogP contribution in [0.2, 0.25) is 0 Å². The number of aryl methyl sites for hydroxylation is 2. The normalized spacial score (nSPS) is 12.2. The van der Waals surface area contributed by atoms with Crippen molar-refractivity contribution in [2.75, 3.05) is 0 Å². The first-order valence-electron chi connectivity index (χ1n) is 22.0. The van der Waals surface area contributed by atoms with E-state index in [1.165, 1.54) is 16.7 Å². The molecule has 0 unspecified atom stereocenters. The fourth-order valence-electron chi connectivity index (χ4n) is 9.55. The van der Waals surface area contributed by atoms with Crippen molar-refractivity contribution >= 4 is 11.7 Å². The van der Waals surface area contributed by atoms with Gasteiger partial charge in [0.05, 0.1) is 17.4 Å². The van der Waals surface area contributed by atoms with Crippen molar-refractivity contribution < 1.29 is 0 Å². The summed E-state index contributed by atoms with van der Waals surface area (Å²) in [6.45, 7) is 4.75. The average Bonchev–Trinajstić information content (AvgIpc) is 3.36. The molecule has 0 aliphatic rings. The summed E-state index contributed by atoms with van der Waals surface area (Å²) in [4.78, 5) is 10.7. The highest BCUT2D eigenvalue weighted by molar-refractivity contribution is 6.11. The van der Waals surface area contributed by atoms with Crippen molar-refractivity contribution in [3.05, 3.63) is 321 Å². The quantitative estimate of drug-likeness (QED) is 0.0744. The molecule has 0 spiro atoms. The fraction of sp³-hybridized carbons (Fsp3) is 0.0820. The molecule has 0 saturated carbocycles. The van der Waals surface area contributed by atoms with Gasteiger partial charge in [-0.25, -0.2) is 4.99 Å². The first-order chi connectivity index (χ1) is 31.5. The minimum absolute atomic E-state index is 0.385. The molecule has 9 aromatic rings. The monoisotopic (exact) mass is 825 g/mol. The Kier molecular flexibility index (Phi) is 12.1. The van der Waals surface area contributed by atoms with Crippen molar-refractivity contribution in [2.24, 2.45) is 15.7 Å². The van der Waals surface area contributed by atoms with Gasteiger partial charge in [0.25, 0.3) is 0 Å². The maximum absolute atomic E-state index is 7.26. The highest BCUT2D eigenvalue weighted by Crippen LogP contribution is 2.47. The van der Waals surface area contributed by atoms with Crippen LogP contribution in [-0.4, -0.2) is 11.7 Å². The van der Waals surface area contributed by atoms with Crippen molar-refractivity contribution in [1.82, 2.24) is 0 Å². The largest absolute Gasteiger partial charge is 0.383 e. The lowest BCUT2D eigenvalue weighted by Crippen LogP contribution is -2.31. The van der Waals surface area contributed by atoms with Crippen LogP contribution in [0.15, 0.2) is 259 Å². The van der Waals surface area contributed by atoms with Crippen LogP contribution in [-0.2, 0) is 17.4 Å². The Balaban J connectivity index is 1.24. The van der Waals surface area contributed by atoms with Crippen LogP contribution < -0.4 is 5.73 Å². The standard InChI is InChI=1S/C61H51N3/c1-45-24-21-25-46(2)57(45)44-63-59(48-27-23-41-56(43-48)61(52-34-15-6-16-35-52,53-36-17-7-18-37-53)54-38-19-8-20-39-54)64-58(62)47-26-22-40-55(42-47)60(49-28-9-3-10-29-49,50-30-11-4-12-31-50)51-32-13-5-14-33-51/h3-43H,44H2,1-2H3,(H2,62,63,64). The number of aliphatic imine (C=N–C) groups is 2. The fourth-order valence-corrected chi connectivity index (χ4v) is 9.55. The lowest BCUT2D eigenvalue weighted by atomic mass is 9.65. The summed E-state index contributed by atoms with van der Waals surface area (Å²) >= 11 is 0. The minimum Gasteiger partial charge on any atom is -0.383 e. The van der Waals surface area contributed by atoms with Gasteiger partial charge in [-0.1, -0.05) is 237 Å². The second kappa shape index (κ2) is 18.6. The molecule has 0 aromatic heterocycles. The average molecular weight is 826 g/mol. The highest BCUT2D eigenvalue weighted by Gasteiger charge is 2.40. The maximum atomic E-state index is 7.26. The zero-order valence-corrected chi connectivity index (χ0v) is 36.4. The molecule has 0 saturated heterocycles. The summed E-state index contributed by atoms with van der Waals surface area (Å²) < 4.78 is 0. The number of nitrogens with zero attached hydrogens (tertiary/aromatic N) is 2. The van der Waals surface area contributed by atoms with Gasteiger partial charge in [-0.05, 0) is 87.2 Å². The molecule has 9 aromatic carbocycles. The van der Waals surface area contributed by atoms with Gasteiger partial charge in [0.2, 0.25) is 0 Å². The van der Waals surface area contributed by atoms with E-state index < -0.39 is 10.8 Å². The number of hydrogen-bond acceptors (Lipinski definition) is 1. The molecule has 2 N–H and O–H groups in total. The lowest BCUT2D eigenvalue weighted by molar-refractivity contribution is 0.745. The summed E-state index contributed by atoms with van der Waals surface area (Å²) in [5.74, 6) is 0.951. The molecule has 0 aliphatic heterocycles. The van der Waals surface area contributed by atoms with Crippen LogP contribution in [0.3, 0.4) is 0 Å². The van der Waals surface area contributed by atoms with Gasteiger partial charge in [-0.3, -0.25) is 4.99 Å². The van der Waals surface area contributed by atoms with Crippen molar-refractivity contribution in [1.29, 1.82) is 0 Å². The van der Waals surface area contributed by atoms with Crippen molar-refractivity contribution in [2.45, 2.75) is 31.2 Å². The van der Waals surface area contributed by atoms with E-state index in [1.807, 2.05) is 0 Å². The van der Waals surface area contributed by atoms with Gasteiger partial charge >= 0.3 is 0 Å². The van der Waals surface area contributed by atoms with Gasteiger partial charge in [0.15, 0.2) is 5.84 Å². The Morgan fingerprint density at radius 2 is 0.656 bits per heavy atom. The van der Waals surface area contributed by atoms with Crippen LogP contribution in [0.4, 0.5) is 0 Å². The molecule has 9 rings (SSSR count). The van der Waals surface area contributed by atoms with Crippen molar-refractivity contribution in [3.8, 4) is 0 Å². The Morgan fingerprint density at radius 3 is 1.02 bits per heavy atom. The predicted molar refractivity (Wildman–Crippen MR) is 266 cm³/mol. The zero-order chi connectivity index (χ0) is 43.8. The van der Waals surface area contributed by atoms with Crippen LogP contribution >= 0.6 is 0 Å². The molecule has 0 amide bonds. The molecule has 0 radical (unpaired) electrons. The van der Waals surface area contributed by atoms with Crippen LogP contribution in [0, 0.1) is 13.8 Å². The molecule has 0 fully saturated rings. The molecule has 310 valence electrons. The van der Waals surface area contributed by atoms with Gasteiger partial charge in [0.1, 0.15) is 5.84 Å². The summed E-state index contributed by atoms with van der Waals surface area (Å²) in [5, 5.41) is 0. The van der Waals surface area contributed by atoms with Crippen LogP contribution in [0.5, 0.6) is 0 Å². The predicted octanol–water partition coefficient (Wildman–Crippen LogP) is 13.4. The van der Waals surface area contributed by atoms with Gasteiger partial charge < -0.3 is 5.73 Å². The Hall–Kier alpha value is -7.88. The second-order valence-electron chi connectivity index (χ2n) is 16.4. The van der Waals surface area contributed by atoms with Crippen LogP contribution in [0.25, 0.3) is 0 Å². The number of hydrogen-bond donors (Lipinski definition) is 1. The third-order valence-electron chi connectivity index (χ3n) is 12.6.